The fourth-order valence-corrected chi connectivity index (χ4v) is 3.23. The second-order valence-corrected chi connectivity index (χ2v) is 5.12. The lowest BCUT2D eigenvalue weighted by Crippen LogP contribution is -2.77. The van der Waals surface area contributed by atoms with Gasteiger partial charge in [0, 0.05) is 17.0 Å². The van der Waals surface area contributed by atoms with Crippen molar-refractivity contribution in [2.45, 2.75) is 30.2 Å². The van der Waals surface area contributed by atoms with Gasteiger partial charge >= 0.3 is 0 Å². The molecule has 0 spiro atoms. The number of hydrazine groups is 1. The number of methoxy groups -OCH3 is 1. The van der Waals surface area contributed by atoms with Crippen LogP contribution in [0.5, 0.6) is 5.75 Å². The topological polar surface area (TPSA) is 47.3 Å². The Morgan fingerprint density at radius 1 is 1.31 bits per heavy atom. The predicted molar refractivity (Wildman–Crippen MR) is 58.5 cm³/mol. The van der Waals surface area contributed by atoms with Crippen LogP contribution < -0.4 is 16.0 Å². The predicted octanol–water partition coefficient (Wildman–Crippen LogP) is 1.47. The second kappa shape index (κ2) is 2.96. The van der Waals surface area contributed by atoms with Crippen molar-refractivity contribution in [1.82, 2.24) is 5.43 Å². The highest BCUT2D eigenvalue weighted by Gasteiger charge is 2.68. The van der Waals surface area contributed by atoms with Gasteiger partial charge in [-0.1, -0.05) is 0 Å². The molecule has 2 bridgehead atoms. The van der Waals surface area contributed by atoms with Crippen molar-refractivity contribution in [3.05, 3.63) is 29.6 Å². The normalized spacial score (nSPS) is 35.2. The van der Waals surface area contributed by atoms with Crippen LogP contribution in [0.2, 0.25) is 0 Å². The van der Waals surface area contributed by atoms with Crippen molar-refractivity contribution in [2.24, 2.45) is 5.84 Å². The molecule has 16 heavy (non-hydrogen) atoms. The van der Waals surface area contributed by atoms with Gasteiger partial charge < -0.3 is 4.74 Å². The fourth-order valence-electron chi connectivity index (χ4n) is 3.23. The third-order valence-corrected chi connectivity index (χ3v) is 4.06. The van der Waals surface area contributed by atoms with Crippen molar-refractivity contribution in [3.8, 4) is 5.75 Å². The summed E-state index contributed by atoms with van der Waals surface area (Å²) in [6.07, 6.45) is 3.01. The SMILES string of the molecule is COc1cc(F)cc(C23CC(NN)(C2)C3)c1. The van der Waals surface area contributed by atoms with E-state index in [1.807, 2.05) is 6.07 Å². The average Bonchev–Trinajstić information content (AvgIpc) is 2.13. The van der Waals surface area contributed by atoms with Gasteiger partial charge in [-0.15, -0.1) is 0 Å². The molecule has 0 aliphatic heterocycles. The maximum Gasteiger partial charge on any atom is 0.127 e. The first-order valence-corrected chi connectivity index (χ1v) is 5.44. The van der Waals surface area contributed by atoms with Crippen LogP contribution in [0, 0.1) is 5.82 Å². The zero-order chi connectivity index (χ0) is 11.4. The van der Waals surface area contributed by atoms with E-state index in [4.69, 9.17) is 10.6 Å². The van der Waals surface area contributed by atoms with Gasteiger partial charge in [0.1, 0.15) is 11.6 Å². The van der Waals surface area contributed by atoms with Crippen LogP contribution in [0.4, 0.5) is 4.39 Å². The van der Waals surface area contributed by atoms with Crippen LogP contribution in [0.25, 0.3) is 0 Å². The first-order chi connectivity index (χ1) is 7.61. The number of rotatable bonds is 3. The summed E-state index contributed by atoms with van der Waals surface area (Å²) >= 11 is 0. The van der Waals surface area contributed by atoms with Gasteiger partial charge in [0.2, 0.25) is 0 Å². The summed E-state index contributed by atoms with van der Waals surface area (Å²) in [5.74, 6) is 5.84. The number of hydrogen-bond acceptors (Lipinski definition) is 3. The summed E-state index contributed by atoms with van der Waals surface area (Å²) in [5, 5.41) is 0. The summed E-state index contributed by atoms with van der Waals surface area (Å²) in [6, 6.07) is 4.96. The number of hydrogen-bond donors (Lipinski definition) is 2. The van der Waals surface area contributed by atoms with Crippen LogP contribution in [0.15, 0.2) is 18.2 Å². The maximum atomic E-state index is 13.4. The molecule has 4 rings (SSSR count). The molecule has 3 saturated carbocycles. The molecule has 1 aromatic rings. The summed E-state index contributed by atoms with van der Waals surface area (Å²) < 4.78 is 18.5. The van der Waals surface area contributed by atoms with Gasteiger partial charge in [0.25, 0.3) is 0 Å². The van der Waals surface area contributed by atoms with Crippen molar-refractivity contribution in [3.63, 3.8) is 0 Å². The molecule has 4 heteroatoms. The smallest absolute Gasteiger partial charge is 0.127 e. The van der Waals surface area contributed by atoms with Gasteiger partial charge in [-0.25, -0.2) is 4.39 Å². The first-order valence-electron chi connectivity index (χ1n) is 5.44. The molecule has 3 aliphatic carbocycles. The van der Waals surface area contributed by atoms with Crippen molar-refractivity contribution in [2.75, 3.05) is 7.11 Å². The molecule has 0 aromatic heterocycles. The van der Waals surface area contributed by atoms with E-state index < -0.39 is 0 Å². The lowest BCUT2D eigenvalue weighted by atomic mass is 9.37. The Morgan fingerprint density at radius 3 is 2.56 bits per heavy atom. The Kier molecular flexibility index (Phi) is 1.86. The number of ether oxygens (including phenoxy) is 1. The molecule has 3 aliphatic rings. The van der Waals surface area contributed by atoms with Crippen molar-refractivity contribution < 1.29 is 9.13 Å². The number of halogens is 1. The Hall–Kier alpha value is -1.13. The monoisotopic (exact) mass is 222 g/mol. The minimum Gasteiger partial charge on any atom is -0.497 e. The highest BCUT2D eigenvalue weighted by molar-refractivity contribution is 5.44. The van der Waals surface area contributed by atoms with E-state index in [1.54, 1.807) is 13.2 Å². The van der Waals surface area contributed by atoms with Gasteiger partial charge in [0.15, 0.2) is 0 Å². The van der Waals surface area contributed by atoms with E-state index in [2.05, 4.69) is 5.43 Å². The number of nitrogens with two attached hydrogens (primary N) is 1. The lowest BCUT2D eigenvalue weighted by Gasteiger charge is -2.70. The lowest BCUT2D eigenvalue weighted by molar-refractivity contribution is -0.0884. The van der Waals surface area contributed by atoms with E-state index in [9.17, 15) is 4.39 Å². The zero-order valence-corrected chi connectivity index (χ0v) is 9.22. The fraction of sp³-hybridized carbons (Fsp3) is 0.500. The highest BCUT2D eigenvalue weighted by Crippen LogP contribution is 2.67. The first kappa shape index (κ1) is 10.1. The molecule has 86 valence electrons. The molecular formula is C12H15FN2O. The molecule has 3 N–H and O–H groups in total. The Balaban J connectivity index is 1.89. The molecule has 3 fully saturated rings. The standard InChI is InChI=1S/C12H15FN2O/c1-16-10-3-8(2-9(13)4-10)11-5-12(6-11,7-11)15-14/h2-4,15H,5-7,14H2,1H3. The largest absolute Gasteiger partial charge is 0.497 e. The average molecular weight is 222 g/mol. The van der Waals surface area contributed by atoms with Gasteiger partial charge in [-0.2, -0.15) is 0 Å². The molecule has 0 heterocycles. The van der Waals surface area contributed by atoms with Gasteiger partial charge in [-0.3, -0.25) is 11.3 Å². The van der Waals surface area contributed by atoms with Crippen LogP contribution in [0.3, 0.4) is 0 Å². The molecule has 0 amide bonds. The quantitative estimate of drug-likeness (QED) is 0.601. The van der Waals surface area contributed by atoms with Crippen LogP contribution in [-0.4, -0.2) is 12.6 Å². The summed E-state index contributed by atoms with van der Waals surface area (Å²) in [4.78, 5) is 0. The van der Waals surface area contributed by atoms with E-state index >= 15 is 0 Å². The van der Waals surface area contributed by atoms with E-state index in [0.717, 1.165) is 24.8 Å². The molecule has 3 nitrogen and oxygen atoms in total. The Bertz CT molecular complexity index is 427. The Labute approximate surface area is 93.7 Å². The molecule has 1 aromatic carbocycles. The third-order valence-electron chi connectivity index (χ3n) is 4.06. The maximum absolute atomic E-state index is 13.4. The van der Waals surface area contributed by atoms with Crippen LogP contribution in [-0.2, 0) is 5.41 Å². The molecule has 0 unspecified atom stereocenters. The molecule has 0 saturated heterocycles. The third kappa shape index (κ3) is 1.14. The summed E-state index contributed by atoms with van der Waals surface area (Å²) in [5.41, 5.74) is 4.16. The van der Waals surface area contributed by atoms with Crippen molar-refractivity contribution in [1.29, 1.82) is 0 Å². The minimum absolute atomic E-state index is 0.125. The molecule has 0 atom stereocenters. The zero-order valence-electron chi connectivity index (χ0n) is 9.22. The van der Waals surface area contributed by atoms with Gasteiger partial charge in [0.05, 0.1) is 7.11 Å². The Morgan fingerprint density at radius 2 is 2.00 bits per heavy atom. The van der Waals surface area contributed by atoms with E-state index in [1.165, 1.54) is 6.07 Å². The highest BCUT2D eigenvalue weighted by atomic mass is 19.1. The second-order valence-electron chi connectivity index (χ2n) is 5.12. The van der Waals surface area contributed by atoms with Crippen LogP contribution in [0.1, 0.15) is 24.8 Å². The van der Waals surface area contributed by atoms with E-state index in [0.29, 0.717) is 5.75 Å². The summed E-state index contributed by atoms with van der Waals surface area (Å²) in [6.45, 7) is 0. The van der Waals surface area contributed by atoms with Gasteiger partial charge in [-0.05, 0) is 37.0 Å². The molecular weight excluding hydrogens is 207 g/mol. The van der Waals surface area contributed by atoms with Crippen LogP contribution >= 0.6 is 0 Å². The van der Waals surface area contributed by atoms with Crippen molar-refractivity contribution >= 4 is 0 Å². The van der Waals surface area contributed by atoms with E-state index in [-0.39, 0.29) is 16.8 Å². The minimum atomic E-state index is -0.228. The number of benzene rings is 1. The summed E-state index contributed by atoms with van der Waals surface area (Å²) in [7, 11) is 1.56. The molecule has 0 radical (unpaired) electrons. The number of nitrogens with one attached hydrogen (secondary N) is 1.